The number of rotatable bonds is 7. The van der Waals surface area contributed by atoms with Crippen LogP contribution in [0.2, 0.25) is 0 Å². The quantitative estimate of drug-likeness (QED) is 0.655. The summed E-state index contributed by atoms with van der Waals surface area (Å²) >= 11 is 0. The van der Waals surface area contributed by atoms with E-state index in [4.69, 9.17) is 5.11 Å². The predicted octanol–water partition coefficient (Wildman–Crippen LogP) is 1.13. The molecule has 1 saturated heterocycles. The van der Waals surface area contributed by atoms with Crippen LogP contribution in [-0.4, -0.2) is 54.7 Å². The van der Waals surface area contributed by atoms with Gasteiger partial charge in [0.2, 0.25) is 0 Å². The first-order chi connectivity index (χ1) is 9.31. The molecule has 2 amide bonds. The summed E-state index contributed by atoms with van der Waals surface area (Å²) in [4.78, 5) is 25.0. The van der Waals surface area contributed by atoms with Crippen molar-refractivity contribution in [3.63, 3.8) is 0 Å². The first-order valence-electron chi connectivity index (χ1n) is 7.29. The highest BCUT2D eigenvalue weighted by atomic mass is 16.4. The number of hydrogen-bond donors (Lipinski definition) is 3. The molecule has 6 nitrogen and oxygen atoms in total. The van der Waals surface area contributed by atoms with E-state index in [2.05, 4.69) is 22.5 Å². The van der Waals surface area contributed by atoms with Crippen molar-refractivity contribution in [3.8, 4) is 0 Å². The molecule has 0 aromatic heterocycles. The Morgan fingerprint density at radius 1 is 1.25 bits per heavy atom. The van der Waals surface area contributed by atoms with Crippen LogP contribution in [0.15, 0.2) is 0 Å². The minimum Gasteiger partial charge on any atom is -0.481 e. The first-order valence-corrected chi connectivity index (χ1v) is 7.29. The highest BCUT2D eigenvalue weighted by molar-refractivity contribution is 5.77. The number of carbonyl (C=O) groups excluding carboxylic acids is 1. The maximum absolute atomic E-state index is 11.6. The zero-order chi connectivity index (χ0) is 15.2. The zero-order valence-corrected chi connectivity index (χ0v) is 12.7. The number of carboxylic acids is 1. The summed E-state index contributed by atoms with van der Waals surface area (Å²) in [5, 5.41) is 14.4. The smallest absolute Gasteiger partial charge is 0.314 e. The molecule has 0 bridgehead atoms. The molecule has 20 heavy (non-hydrogen) atoms. The molecule has 1 atom stereocenters. The normalized spacial score (nSPS) is 17.8. The zero-order valence-electron chi connectivity index (χ0n) is 12.7. The Hall–Kier alpha value is -1.30. The van der Waals surface area contributed by atoms with Gasteiger partial charge in [-0.2, -0.15) is 0 Å². The van der Waals surface area contributed by atoms with Crippen molar-refractivity contribution in [1.82, 2.24) is 15.5 Å². The summed E-state index contributed by atoms with van der Waals surface area (Å²) < 4.78 is 0. The third-order valence-electron chi connectivity index (χ3n) is 3.65. The SMILES string of the molecule is CC(CNC(=O)NCC(C)(C)C(=O)O)CN1CCCC1. The number of carbonyl (C=O) groups is 2. The molecule has 0 saturated carbocycles. The summed E-state index contributed by atoms with van der Waals surface area (Å²) in [7, 11) is 0. The molecule has 1 fully saturated rings. The van der Waals surface area contributed by atoms with Crippen LogP contribution < -0.4 is 10.6 Å². The van der Waals surface area contributed by atoms with Gasteiger partial charge in [0.25, 0.3) is 0 Å². The Morgan fingerprint density at radius 2 is 1.85 bits per heavy atom. The van der Waals surface area contributed by atoms with Gasteiger partial charge < -0.3 is 20.6 Å². The van der Waals surface area contributed by atoms with Gasteiger partial charge in [0.1, 0.15) is 0 Å². The van der Waals surface area contributed by atoms with E-state index in [0.29, 0.717) is 12.5 Å². The molecule has 0 spiro atoms. The van der Waals surface area contributed by atoms with E-state index < -0.39 is 11.4 Å². The lowest BCUT2D eigenvalue weighted by atomic mass is 9.94. The fourth-order valence-corrected chi connectivity index (χ4v) is 2.18. The molecule has 0 aromatic rings. The van der Waals surface area contributed by atoms with Gasteiger partial charge in [-0.1, -0.05) is 6.92 Å². The molecule has 1 heterocycles. The monoisotopic (exact) mass is 285 g/mol. The van der Waals surface area contributed by atoms with Gasteiger partial charge in [-0.15, -0.1) is 0 Å². The van der Waals surface area contributed by atoms with Gasteiger partial charge in [0.15, 0.2) is 0 Å². The largest absolute Gasteiger partial charge is 0.481 e. The Kier molecular flexibility index (Phi) is 6.26. The standard InChI is InChI=1S/C14H27N3O3/c1-11(9-17-6-4-5-7-17)8-15-13(20)16-10-14(2,3)12(18)19/h11H,4-10H2,1-3H3,(H,18,19)(H2,15,16,20). The average molecular weight is 285 g/mol. The van der Waals surface area contributed by atoms with Gasteiger partial charge in [-0.25, -0.2) is 4.79 Å². The van der Waals surface area contributed by atoms with E-state index in [9.17, 15) is 9.59 Å². The molecule has 6 heteroatoms. The van der Waals surface area contributed by atoms with Crippen molar-refractivity contribution in [3.05, 3.63) is 0 Å². The number of nitrogens with one attached hydrogen (secondary N) is 2. The van der Waals surface area contributed by atoms with E-state index in [-0.39, 0.29) is 12.6 Å². The molecule has 1 aliphatic heterocycles. The van der Waals surface area contributed by atoms with Gasteiger partial charge in [0.05, 0.1) is 5.41 Å². The summed E-state index contributed by atoms with van der Waals surface area (Å²) in [6, 6.07) is -0.299. The second-order valence-electron chi connectivity index (χ2n) is 6.37. The molecule has 1 rings (SSSR count). The average Bonchev–Trinajstić information content (AvgIpc) is 2.86. The Morgan fingerprint density at radius 3 is 2.40 bits per heavy atom. The summed E-state index contributed by atoms with van der Waals surface area (Å²) in [5.41, 5.74) is -0.946. The van der Waals surface area contributed by atoms with Crippen molar-refractivity contribution >= 4 is 12.0 Å². The van der Waals surface area contributed by atoms with Crippen LogP contribution in [0.25, 0.3) is 0 Å². The topological polar surface area (TPSA) is 81.7 Å². The van der Waals surface area contributed by atoms with Crippen LogP contribution in [0.4, 0.5) is 4.79 Å². The third-order valence-corrected chi connectivity index (χ3v) is 3.65. The van der Waals surface area contributed by atoms with Crippen LogP contribution in [0.5, 0.6) is 0 Å². The molecule has 0 radical (unpaired) electrons. The van der Waals surface area contributed by atoms with E-state index in [1.54, 1.807) is 13.8 Å². The predicted molar refractivity (Wildman–Crippen MR) is 77.7 cm³/mol. The lowest BCUT2D eigenvalue weighted by Crippen LogP contribution is -2.45. The van der Waals surface area contributed by atoms with Crippen molar-refractivity contribution in [2.24, 2.45) is 11.3 Å². The van der Waals surface area contributed by atoms with Crippen molar-refractivity contribution in [2.75, 3.05) is 32.7 Å². The number of urea groups is 1. The minimum absolute atomic E-state index is 0.120. The first kappa shape index (κ1) is 16.8. The van der Waals surface area contributed by atoms with Crippen molar-refractivity contribution < 1.29 is 14.7 Å². The second kappa shape index (κ2) is 7.47. The van der Waals surface area contributed by atoms with Crippen LogP contribution in [-0.2, 0) is 4.79 Å². The number of carboxylic acid groups (broad SMARTS) is 1. The van der Waals surface area contributed by atoms with E-state index in [1.807, 2.05) is 0 Å². The van der Waals surface area contributed by atoms with Crippen molar-refractivity contribution in [2.45, 2.75) is 33.6 Å². The number of aliphatic carboxylic acids is 1. The number of amides is 2. The number of likely N-dealkylation sites (tertiary alicyclic amines) is 1. The molecule has 116 valence electrons. The van der Waals surface area contributed by atoms with Gasteiger partial charge >= 0.3 is 12.0 Å². The molecule has 3 N–H and O–H groups in total. The molecular weight excluding hydrogens is 258 g/mol. The molecule has 0 aliphatic carbocycles. The highest BCUT2D eigenvalue weighted by Crippen LogP contribution is 2.13. The lowest BCUT2D eigenvalue weighted by molar-refractivity contribution is -0.146. The van der Waals surface area contributed by atoms with Gasteiger partial charge in [-0.05, 0) is 45.7 Å². The minimum atomic E-state index is -0.946. The van der Waals surface area contributed by atoms with Crippen molar-refractivity contribution in [1.29, 1.82) is 0 Å². The summed E-state index contributed by atoms with van der Waals surface area (Å²) in [6.07, 6.45) is 2.54. The third kappa shape index (κ3) is 5.77. The Balaban J connectivity index is 2.17. The van der Waals surface area contributed by atoms with E-state index in [1.165, 1.54) is 12.8 Å². The fourth-order valence-electron chi connectivity index (χ4n) is 2.18. The molecule has 0 aromatic carbocycles. The summed E-state index contributed by atoms with van der Waals surface area (Å²) in [5.74, 6) is -0.522. The Labute approximate surface area is 120 Å². The maximum Gasteiger partial charge on any atom is 0.314 e. The van der Waals surface area contributed by atoms with Gasteiger partial charge in [-0.3, -0.25) is 4.79 Å². The molecule has 1 aliphatic rings. The maximum atomic E-state index is 11.6. The van der Waals surface area contributed by atoms with E-state index in [0.717, 1.165) is 19.6 Å². The van der Waals surface area contributed by atoms with Crippen LogP contribution in [0, 0.1) is 11.3 Å². The Bertz CT molecular complexity index is 339. The number of hydrogen-bond acceptors (Lipinski definition) is 3. The highest BCUT2D eigenvalue weighted by Gasteiger charge is 2.27. The van der Waals surface area contributed by atoms with Crippen LogP contribution in [0.3, 0.4) is 0 Å². The fraction of sp³-hybridized carbons (Fsp3) is 0.857. The molecule has 1 unspecified atom stereocenters. The van der Waals surface area contributed by atoms with Crippen LogP contribution in [0.1, 0.15) is 33.6 Å². The van der Waals surface area contributed by atoms with Gasteiger partial charge in [0, 0.05) is 19.6 Å². The van der Waals surface area contributed by atoms with E-state index >= 15 is 0 Å². The van der Waals surface area contributed by atoms with Crippen LogP contribution >= 0.6 is 0 Å². The second-order valence-corrected chi connectivity index (χ2v) is 6.37. The lowest BCUT2D eigenvalue weighted by Gasteiger charge is -2.22. The number of nitrogens with zero attached hydrogens (tertiary/aromatic N) is 1. The molecular formula is C14H27N3O3. The summed E-state index contributed by atoms with van der Waals surface area (Å²) in [6.45, 7) is 9.33.